The van der Waals surface area contributed by atoms with Crippen LogP contribution in [0.4, 0.5) is 5.82 Å². The van der Waals surface area contributed by atoms with Crippen molar-refractivity contribution in [1.82, 2.24) is 14.9 Å². The average Bonchev–Trinajstić information content (AvgIpc) is 2.60. The van der Waals surface area contributed by atoms with Crippen molar-refractivity contribution < 1.29 is 14.6 Å². The largest absolute Gasteiger partial charge is 0.384 e. The lowest BCUT2D eigenvalue weighted by molar-refractivity contribution is 0.0274. The number of nitrogens with one attached hydrogen (secondary N) is 1. The molecule has 0 fully saturated rings. The molecule has 138 valence electrons. The lowest BCUT2D eigenvalue weighted by Gasteiger charge is -2.15. The van der Waals surface area contributed by atoms with Gasteiger partial charge in [0.05, 0.1) is 12.0 Å². The molecule has 1 atom stereocenters. The molecule has 0 saturated carbocycles. The monoisotopic (exact) mass is 358 g/mol. The SMILES string of the molecule is CCn1c(N)c(C(=O)NC)c(=O)c2ccc(C#C[C@](C)(O)COC)nc21. The van der Waals surface area contributed by atoms with E-state index in [0.29, 0.717) is 17.9 Å². The number of nitrogens with two attached hydrogens (primary N) is 1. The summed E-state index contributed by atoms with van der Waals surface area (Å²) in [5.74, 6) is 4.96. The van der Waals surface area contributed by atoms with Crippen LogP contribution < -0.4 is 16.5 Å². The summed E-state index contributed by atoms with van der Waals surface area (Å²) in [4.78, 5) is 29.0. The summed E-state index contributed by atoms with van der Waals surface area (Å²) in [7, 11) is 2.90. The number of rotatable bonds is 4. The zero-order chi connectivity index (χ0) is 19.5. The van der Waals surface area contributed by atoms with E-state index >= 15 is 0 Å². The standard InChI is InChI=1S/C18H22N4O4/c1-5-22-15(19)13(17(24)20-3)14(23)12-7-6-11(21-16(12)22)8-9-18(2,25)10-26-4/h6-7,25H,5,10,19H2,1-4H3,(H,20,24)/t18-/m0/s1. The number of nitrogen functional groups attached to an aromatic ring is 1. The minimum atomic E-state index is -1.32. The van der Waals surface area contributed by atoms with Gasteiger partial charge in [-0.3, -0.25) is 9.59 Å². The number of aromatic nitrogens is 2. The minimum Gasteiger partial charge on any atom is -0.384 e. The molecule has 8 nitrogen and oxygen atoms in total. The number of carbonyl (C=O) groups excluding carboxylic acids is 1. The quantitative estimate of drug-likeness (QED) is 0.667. The number of hydrogen-bond donors (Lipinski definition) is 3. The van der Waals surface area contributed by atoms with Crippen LogP contribution in [0.5, 0.6) is 0 Å². The fourth-order valence-electron chi connectivity index (χ4n) is 2.58. The molecule has 0 aliphatic rings. The van der Waals surface area contributed by atoms with Crippen molar-refractivity contribution in [1.29, 1.82) is 0 Å². The molecule has 0 spiro atoms. The fraction of sp³-hybridized carbons (Fsp3) is 0.389. The number of fused-ring (bicyclic) bond motifs is 1. The summed E-state index contributed by atoms with van der Waals surface area (Å²) in [6.07, 6.45) is 0. The number of aliphatic hydroxyl groups is 1. The summed E-state index contributed by atoms with van der Waals surface area (Å²) < 4.78 is 6.49. The van der Waals surface area contributed by atoms with E-state index in [0.717, 1.165) is 0 Å². The highest BCUT2D eigenvalue weighted by Crippen LogP contribution is 2.17. The minimum absolute atomic E-state index is 0.0494. The first-order valence-corrected chi connectivity index (χ1v) is 8.05. The van der Waals surface area contributed by atoms with Crippen molar-refractivity contribution in [2.45, 2.75) is 26.0 Å². The summed E-state index contributed by atoms with van der Waals surface area (Å²) >= 11 is 0. The van der Waals surface area contributed by atoms with Crippen molar-refractivity contribution in [3.63, 3.8) is 0 Å². The number of pyridine rings is 2. The molecule has 4 N–H and O–H groups in total. The number of methoxy groups -OCH3 is 1. The molecule has 2 aromatic rings. The Labute approximate surface area is 151 Å². The maximum atomic E-state index is 12.6. The molecule has 0 saturated heterocycles. The zero-order valence-electron chi connectivity index (χ0n) is 15.2. The lowest BCUT2D eigenvalue weighted by Crippen LogP contribution is -2.30. The molecule has 0 aliphatic carbocycles. The molecule has 0 aliphatic heterocycles. The van der Waals surface area contributed by atoms with Crippen molar-refractivity contribution in [2.24, 2.45) is 0 Å². The fourth-order valence-corrected chi connectivity index (χ4v) is 2.58. The van der Waals surface area contributed by atoms with Crippen molar-refractivity contribution >= 4 is 22.8 Å². The first-order valence-electron chi connectivity index (χ1n) is 8.05. The maximum Gasteiger partial charge on any atom is 0.258 e. The maximum absolute atomic E-state index is 12.6. The molecule has 26 heavy (non-hydrogen) atoms. The van der Waals surface area contributed by atoms with Crippen LogP contribution in [0.1, 0.15) is 29.9 Å². The molecule has 0 aromatic carbocycles. The van der Waals surface area contributed by atoms with E-state index in [-0.39, 0.29) is 23.4 Å². The van der Waals surface area contributed by atoms with Crippen LogP contribution in [0.25, 0.3) is 11.0 Å². The number of nitrogens with zero attached hydrogens (tertiary/aromatic N) is 2. The smallest absolute Gasteiger partial charge is 0.258 e. The second-order valence-electron chi connectivity index (χ2n) is 5.94. The first-order chi connectivity index (χ1) is 12.3. The Morgan fingerprint density at radius 1 is 1.50 bits per heavy atom. The third-order valence-electron chi connectivity index (χ3n) is 3.81. The number of hydrogen-bond acceptors (Lipinski definition) is 6. The number of amides is 1. The summed E-state index contributed by atoms with van der Waals surface area (Å²) in [6, 6.07) is 3.11. The van der Waals surface area contributed by atoms with Crippen LogP contribution in [-0.4, -0.2) is 46.9 Å². The van der Waals surface area contributed by atoms with Crippen molar-refractivity contribution in [3.05, 3.63) is 33.6 Å². The van der Waals surface area contributed by atoms with Gasteiger partial charge in [0.15, 0.2) is 0 Å². The Morgan fingerprint density at radius 2 is 2.19 bits per heavy atom. The van der Waals surface area contributed by atoms with Crippen LogP contribution in [0.15, 0.2) is 16.9 Å². The van der Waals surface area contributed by atoms with E-state index in [2.05, 4.69) is 22.1 Å². The van der Waals surface area contributed by atoms with Gasteiger partial charge < -0.3 is 25.5 Å². The third-order valence-corrected chi connectivity index (χ3v) is 3.81. The molecule has 2 rings (SSSR count). The van der Waals surface area contributed by atoms with Gasteiger partial charge in [0.1, 0.15) is 28.3 Å². The van der Waals surface area contributed by atoms with Gasteiger partial charge in [-0.05, 0) is 31.9 Å². The predicted octanol–water partition coefficient (Wildman–Crippen LogP) is 0.107. The summed E-state index contributed by atoms with van der Waals surface area (Å²) in [5, 5.41) is 12.8. The molecule has 0 unspecified atom stereocenters. The topological polar surface area (TPSA) is 119 Å². The van der Waals surface area contributed by atoms with Crippen molar-refractivity contribution in [3.8, 4) is 11.8 Å². The number of ether oxygens (including phenoxy) is 1. The van der Waals surface area contributed by atoms with E-state index in [1.54, 1.807) is 16.7 Å². The Balaban J connectivity index is 2.69. The highest BCUT2D eigenvalue weighted by molar-refractivity contribution is 6.01. The second-order valence-corrected chi connectivity index (χ2v) is 5.94. The number of carbonyl (C=O) groups is 1. The molecular formula is C18H22N4O4. The van der Waals surface area contributed by atoms with Gasteiger partial charge in [-0.15, -0.1) is 0 Å². The van der Waals surface area contributed by atoms with Gasteiger partial charge in [-0.1, -0.05) is 5.92 Å². The summed E-state index contributed by atoms with van der Waals surface area (Å²) in [5.41, 5.74) is 4.82. The highest BCUT2D eigenvalue weighted by Gasteiger charge is 2.20. The Kier molecular flexibility index (Phi) is 5.65. The molecule has 2 heterocycles. The molecular weight excluding hydrogens is 336 g/mol. The summed E-state index contributed by atoms with van der Waals surface area (Å²) in [6.45, 7) is 3.82. The van der Waals surface area contributed by atoms with E-state index in [1.807, 2.05) is 6.92 Å². The Hall–Kier alpha value is -2.89. The zero-order valence-corrected chi connectivity index (χ0v) is 15.2. The third kappa shape index (κ3) is 3.69. The molecule has 2 aromatic heterocycles. The van der Waals surface area contributed by atoms with Gasteiger partial charge >= 0.3 is 0 Å². The lowest BCUT2D eigenvalue weighted by atomic mass is 10.1. The van der Waals surface area contributed by atoms with Gasteiger partial charge in [-0.2, -0.15) is 0 Å². The van der Waals surface area contributed by atoms with Gasteiger partial charge in [0.2, 0.25) is 5.43 Å². The number of aryl methyl sites for hydroxylation is 1. The molecule has 0 bridgehead atoms. The Morgan fingerprint density at radius 3 is 2.77 bits per heavy atom. The van der Waals surface area contributed by atoms with Crippen LogP contribution in [0.3, 0.4) is 0 Å². The van der Waals surface area contributed by atoms with E-state index < -0.39 is 16.9 Å². The van der Waals surface area contributed by atoms with Crippen LogP contribution in [-0.2, 0) is 11.3 Å². The van der Waals surface area contributed by atoms with E-state index in [1.165, 1.54) is 21.1 Å². The molecule has 1 amide bonds. The van der Waals surface area contributed by atoms with E-state index in [9.17, 15) is 14.7 Å². The normalized spacial score (nSPS) is 13.0. The second kappa shape index (κ2) is 7.56. The van der Waals surface area contributed by atoms with Gasteiger partial charge in [0, 0.05) is 20.7 Å². The average molecular weight is 358 g/mol. The van der Waals surface area contributed by atoms with Gasteiger partial charge in [0.25, 0.3) is 5.91 Å². The Bertz CT molecular complexity index is 967. The number of anilines is 1. The van der Waals surface area contributed by atoms with E-state index in [4.69, 9.17) is 10.5 Å². The van der Waals surface area contributed by atoms with Crippen LogP contribution >= 0.6 is 0 Å². The van der Waals surface area contributed by atoms with Crippen molar-refractivity contribution in [2.75, 3.05) is 26.5 Å². The van der Waals surface area contributed by atoms with Crippen LogP contribution in [0.2, 0.25) is 0 Å². The molecule has 8 heteroatoms. The van der Waals surface area contributed by atoms with Crippen LogP contribution in [0, 0.1) is 11.8 Å². The van der Waals surface area contributed by atoms with Gasteiger partial charge in [-0.25, -0.2) is 4.98 Å². The first kappa shape index (κ1) is 19.4. The predicted molar refractivity (Wildman–Crippen MR) is 98.9 cm³/mol. The molecule has 0 radical (unpaired) electrons. The highest BCUT2D eigenvalue weighted by atomic mass is 16.5.